The lowest BCUT2D eigenvalue weighted by Crippen LogP contribution is -2.37. The summed E-state index contributed by atoms with van der Waals surface area (Å²) in [5.41, 5.74) is 0. The van der Waals surface area contributed by atoms with Crippen LogP contribution >= 0.6 is 0 Å². The van der Waals surface area contributed by atoms with Crippen molar-refractivity contribution in [3.8, 4) is 0 Å². The van der Waals surface area contributed by atoms with Gasteiger partial charge >= 0.3 is 0 Å². The molecule has 0 spiro atoms. The molecule has 1 aliphatic heterocycles. The van der Waals surface area contributed by atoms with E-state index < -0.39 is 10.0 Å². The Kier molecular flexibility index (Phi) is 4.57. The lowest BCUT2D eigenvalue weighted by atomic mass is 10.0. The highest BCUT2D eigenvalue weighted by molar-refractivity contribution is 7.89. The molecule has 0 bridgehead atoms. The van der Waals surface area contributed by atoms with Crippen LogP contribution in [0, 0.1) is 5.92 Å². The average molecular weight is 218 g/mol. The Balaban J connectivity index is 2.36. The van der Waals surface area contributed by atoms with Crippen molar-refractivity contribution in [2.24, 2.45) is 5.92 Å². The van der Waals surface area contributed by atoms with Gasteiger partial charge in [-0.25, -0.2) is 13.1 Å². The van der Waals surface area contributed by atoms with Gasteiger partial charge in [-0.15, -0.1) is 6.58 Å². The number of rotatable bonds is 5. The first-order valence-corrected chi connectivity index (χ1v) is 6.58. The fourth-order valence-electron chi connectivity index (χ4n) is 1.62. The van der Waals surface area contributed by atoms with Crippen LogP contribution in [0.3, 0.4) is 0 Å². The Morgan fingerprint density at radius 3 is 2.93 bits per heavy atom. The fraction of sp³-hybridized carbons (Fsp3) is 0.778. The molecule has 1 unspecified atom stereocenters. The number of hydrogen-bond donors (Lipinski definition) is 2. The smallest absolute Gasteiger partial charge is 0.212 e. The minimum atomic E-state index is -3.10. The third-order valence-electron chi connectivity index (χ3n) is 2.30. The molecule has 4 nitrogen and oxygen atoms in total. The molecule has 0 aromatic heterocycles. The summed E-state index contributed by atoms with van der Waals surface area (Å²) >= 11 is 0. The van der Waals surface area contributed by atoms with Crippen LogP contribution < -0.4 is 10.0 Å². The molecule has 14 heavy (non-hydrogen) atoms. The van der Waals surface area contributed by atoms with Crippen molar-refractivity contribution in [3.63, 3.8) is 0 Å². The molecular formula is C9H18N2O2S. The standard InChI is InChI=1S/C9H18N2O2S/c1-2-5-11-14(12,13)8-9-4-3-6-10-7-9/h2,9-11H,1,3-8H2. The molecule has 1 rings (SSSR count). The van der Waals surface area contributed by atoms with Crippen LogP contribution in [-0.4, -0.2) is 33.8 Å². The molecule has 0 saturated carbocycles. The summed E-state index contributed by atoms with van der Waals surface area (Å²) in [4.78, 5) is 0. The first-order chi connectivity index (χ1) is 6.64. The second kappa shape index (κ2) is 5.48. The average Bonchev–Trinajstić information content (AvgIpc) is 2.16. The lowest BCUT2D eigenvalue weighted by Gasteiger charge is -2.22. The monoisotopic (exact) mass is 218 g/mol. The van der Waals surface area contributed by atoms with Gasteiger partial charge in [0.05, 0.1) is 5.75 Å². The third kappa shape index (κ3) is 4.21. The highest BCUT2D eigenvalue weighted by atomic mass is 32.2. The van der Waals surface area contributed by atoms with Crippen molar-refractivity contribution < 1.29 is 8.42 Å². The van der Waals surface area contributed by atoms with Gasteiger partial charge in [0, 0.05) is 6.54 Å². The Morgan fingerprint density at radius 2 is 2.36 bits per heavy atom. The molecular weight excluding hydrogens is 200 g/mol. The van der Waals surface area contributed by atoms with E-state index in [2.05, 4.69) is 16.6 Å². The van der Waals surface area contributed by atoms with E-state index in [0.29, 0.717) is 6.54 Å². The molecule has 0 amide bonds. The summed E-state index contributed by atoms with van der Waals surface area (Å²) in [5.74, 6) is 0.486. The molecule has 1 heterocycles. The molecule has 1 fully saturated rings. The predicted molar refractivity (Wildman–Crippen MR) is 57.6 cm³/mol. The van der Waals surface area contributed by atoms with E-state index in [1.807, 2.05) is 0 Å². The lowest BCUT2D eigenvalue weighted by molar-refractivity contribution is 0.403. The maximum Gasteiger partial charge on any atom is 0.212 e. The van der Waals surface area contributed by atoms with Crippen molar-refractivity contribution in [2.45, 2.75) is 12.8 Å². The molecule has 5 heteroatoms. The van der Waals surface area contributed by atoms with Gasteiger partial charge < -0.3 is 5.32 Å². The second-order valence-electron chi connectivity index (χ2n) is 3.63. The molecule has 0 radical (unpaired) electrons. The van der Waals surface area contributed by atoms with Gasteiger partial charge in [0.2, 0.25) is 10.0 Å². The van der Waals surface area contributed by atoms with Gasteiger partial charge in [0.15, 0.2) is 0 Å². The van der Waals surface area contributed by atoms with Crippen molar-refractivity contribution in [1.29, 1.82) is 0 Å². The van der Waals surface area contributed by atoms with E-state index in [0.717, 1.165) is 25.9 Å². The second-order valence-corrected chi connectivity index (χ2v) is 5.48. The number of nitrogens with one attached hydrogen (secondary N) is 2. The van der Waals surface area contributed by atoms with Crippen LogP contribution in [-0.2, 0) is 10.0 Å². The third-order valence-corrected chi connectivity index (χ3v) is 3.82. The minimum absolute atomic E-state index is 0.230. The summed E-state index contributed by atoms with van der Waals surface area (Å²) in [6, 6.07) is 0. The van der Waals surface area contributed by atoms with E-state index in [1.54, 1.807) is 6.08 Å². The van der Waals surface area contributed by atoms with E-state index in [4.69, 9.17) is 0 Å². The maximum absolute atomic E-state index is 11.5. The van der Waals surface area contributed by atoms with Crippen LogP contribution in [0.5, 0.6) is 0 Å². The highest BCUT2D eigenvalue weighted by Gasteiger charge is 2.20. The van der Waals surface area contributed by atoms with Crippen LogP contribution in [0.25, 0.3) is 0 Å². The van der Waals surface area contributed by atoms with Gasteiger partial charge in [-0.1, -0.05) is 6.08 Å². The van der Waals surface area contributed by atoms with Crippen molar-refractivity contribution >= 4 is 10.0 Å². The van der Waals surface area contributed by atoms with Crippen LogP contribution in [0.2, 0.25) is 0 Å². The zero-order chi connectivity index (χ0) is 10.4. The molecule has 1 saturated heterocycles. The van der Waals surface area contributed by atoms with Crippen LogP contribution in [0.1, 0.15) is 12.8 Å². The van der Waals surface area contributed by atoms with E-state index in [-0.39, 0.29) is 11.7 Å². The largest absolute Gasteiger partial charge is 0.316 e. The first kappa shape index (κ1) is 11.7. The van der Waals surface area contributed by atoms with E-state index in [9.17, 15) is 8.42 Å². The van der Waals surface area contributed by atoms with Gasteiger partial charge in [-0.05, 0) is 31.8 Å². The molecule has 2 N–H and O–H groups in total. The zero-order valence-electron chi connectivity index (χ0n) is 8.33. The number of hydrogen-bond acceptors (Lipinski definition) is 3. The Morgan fingerprint density at radius 1 is 1.57 bits per heavy atom. The van der Waals surface area contributed by atoms with Gasteiger partial charge in [0.25, 0.3) is 0 Å². The number of sulfonamides is 1. The number of piperidine rings is 1. The molecule has 0 aromatic carbocycles. The molecule has 1 atom stereocenters. The molecule has 0 aromatic rings. The summed E-state index contributed by atoms with van der Waals surface area (Å²) < 4.78 is 25.4. The summed E-state index contributed by atoms with van der Waals surface area (Å²) in [7, 11) is -3.10. The fourth-order valence-corrected chi connectivity index (χ4v) is 3.02. The summed E-state index contributed by atoms with van der Waals surface area (Å²) in [6.45, 7) is 5.62. The van der Waals surface area contributed by atoms with Gasteiger partial charge in [-0.2, -0.15) is 0 Å². The van der Waals surface area contributed by atoms with Crippen LogP contribution in [0.4, 0.5) is 0 Å². The SMILES string of the molecule is C=CCNS(=O)(=O)CC1CCCNC1. The first-order valence-electron chi connectivity index (χ1n) is 4.93. The maximum atomic E-state index is 11.5. The van der Waals surface area contributed by atoms with E-state index >= 15 is 0 Å². The van der Waals surface area contributed by atoms with Crippen molar-refractivity contribution in [1.82, 2.24) is 10.0 Å². The van der Waals surface area contributed by atoms with E-state index in [1.165, 1.54) is 0 Å². The Bertz CT molecular complexity index is 269. The molecule has 0 aliphatic carbocycles. The minimum Gasteiger partial charge on any atom is -0.316 e. The highest BCUT2D eigenvalue weighted by Crippen LogP contribution is 2.11. The van der Waals surface area contributed by atoms with Gasteiger partial charge in [0.1, 0.15) is 0 Å². The molecule has 1 aliphatic rings. The topological polar surface area (TPSA) is 58.2 Å². The predicted octanol–water partition coefficient (Wildman–Crippen LogP) is 0.0914. The van der Waals surface area contributed by atoms with Crippen LogP contribution in [0.15, 0.2) is 12.7 Å². The normalized spacial score (nSPS) is 23.3. The zero-order valence-corrected chi connectivity index (χ0v) is 9.15. The summed E-state index contributed by atoms with van der Waals surface area (Å²) in [5, 5.41) is 3.20. The Labute approximate surface area is 85.8 Å². The van der Waals surface area contributed by atoms with Gasteiger partial charge in [-0.3, -0.25) is 0 Å². The Hall–Kier alpha value is -0.390. The van der Waals surface area contributed by atoms with Crippen molar-refractivity contribution in [3.05, 3.63) is 12.7 Å². The van der Waals surface area contributed by atoms with Crippen molar-refractivity contribution in [2.75, 3.05) is 25.4 Å². The quantitative estimate of drug-likeness (QED) is 0.643. The molecule has 82 valence electrons. The summed E-state index contributed by atoms with van der Waals surface area (Å²) in [6.07, 6.45) is 3.63.